The Morgan fingerprint density at radius 3 is 3.00 bits per heavy atom. The van der Waals surface area contributed by atoms with Crippen LogP contribution in [0.2, 0.25) is 0 Å². The van der Waals surface area contributed by atoms with E-state index < -0.39 is 0 Å². The van der Waals surface area contributed by atoms with Crippen molar-refractivity contribution in [3.63, 3.8) is 0 Å². The average Bonchev–Trinajstić information content (AvgIpc) is 3.19. The van der Waals surface area contributed by atoms with Crippen LogP contribution < -0.4 is 11.2 Å². The lowest BCUT2D eigenvalue weighted by Gasteiger charge is -2.05. The van der Waals surface area contributed by atoms with Gasteiger partial charge in [-0.1, -0.05) is 0 Å². The van der Waals surface area contributed by atoms with E-state index in [1.54, 1.807) is 17.7 Å². The molecule has 0 saturated carbocycles. The Morgan fingerprint density at radius 1 is 1.35 bits per heavy atom. The highest BCUT2D eigenvalue weighted by Gasteiger charge is 2.21. The Kier molecular flexibility index (Phi) is 3.50. The second-order valence-electron chi connectivity index (χ2n) is 5.58. The van der Waals surface area contributed by atoms with Crippen LogP contribution in [0, 0.1) is 6.92 Å². The van der Waals surface area contributed by atoms with Gasteiger partial charge in [0.15, 0.2) is 5.82 Å². The molecule has 0 fully saturated rings. The van der Waals surface area contributed by atoms with Gasteiger partial charge < -0.3 is 5.73 Å². The van der Waals surface area contributed by atoms with E-state index in [0.717, 1.165) is 45.8 Å². The zero-order valence-corrected chi connectivity index (χ0v) is 14.5. The maximum absolute atomic E-state index is 5.98. The quantitative estimate of drug-likeness (QED) is 0.562. The van der Waals surface area contributed by atoms with Gasteiger partial charge in [-0.05, 0) is 50.2 Å². The fraction of sp³-hybridized carbons (Fsp3) is 0.333. The first-order chi connectivity index (χ1) is 11.1. The number of fused-ring (bicyclic) bond motifs is 3. The summed E-state index contributed by atoms with van der Waals surface area (Å²) in [5.74, 6) is 0.771. The minimum atomic E-state index is 0.690. The van der Waals surface area contributed by atoms with Crippen molar-refractivity contribution in [2.75, 3.05) is 11.2 Å². The van der Waals surface area contributed by atoms with Gasteiger partial charge in [0.05, 0.1) is 22.4 Å². The number of nitrogens with two attached hydrogens (primary N) is 1. The number of anilines is 2. The molecule has 0 saturated heterocycles. The standard InChI is InChI=1S/C15H16N6S2/c1-7(11-8(2)21-23-13(11)16)19-20-14-12-9-4-3-5-10(9)22-15(12)18-6-17-14/h6H,3-5,16H2,1-2H3,(H,17,18,20)/b19-7-. The molecule has 23 heavy (non-hydrogen) atoms. The van der Waals surface area contributed by atoms with Gasteiger partial charge in [0.25, 0.3) is 0 Å². The van der Waals surface area contributed by atoms with Gasteiger partial charge in [0, 0.05) is 4.88 Å². The third-order valence-electron chi connectivity index (χ3n) is 4.08. The van der Waals surface area contributed by atoms with E-state index in [9.17, 15) is 0 Å². The molecule has 3 aromatic rings. The number of nitrogens with one attached hydrogen (secondary N) is 1. The van der Waals surface area contributed by atoms with Crippen molar-refractivity contribution in [2.45, 2.75) is 33.1 Å². The molecule has 1 aliphatic rings. The number of aromatic nitrogens is 3. The minimum absolute atomic E-state index is 0.690. The van der Waals surface area contributed by atoms with Gasteiger partial charge in [-0.3, -0.25) is 5.43 Å². The fourth-order valence-corrected chi connectivity index (χ4v) is 4.98. The van der Waals surface area contributed by atoms with Crippen LogP contribution in [0.4, 0.5) is 10.8 Å². The van der Waals surface area contributed by atoms with E-state index in [1.165, 1.54) is 28.4 Å². The van der Waals surface area contributed by atoms with Crippen LogP contribution >= 0.6 is 22.9 Å². The number of thiophene rings is 1. The number of hydrazone groups is 1. The Labute approximate surface area is 141 Å². The minimum Gasteiger partial charge on any atom is -0.389 e. The molecular formula is C15H16N6S2. The first-order valence-electron chi connectivity index (χ1n) is 7.43. The van der Waals surface area contributed by atoms with Crippen molar-refractivity contribution in [3.05, 3.63) is 28.0 Å². The molecule has 1 aliphatic carbocycles. The summed E-state index contributed by atoms with van der Waals surface area (Å²) in [5.41, 5.74) is 13.1. The number of aryl methyl sites for hydroxylation is 3. The lowest BCUT2D eigenvalue weighted by Crippen LogP contribution is -2.04. The highest BCUT2D eigenvalue weighted by Crippen LogP contribution is 2.39. The zero-order chi connectivity index (χ0) is 16.0. The monoisotopic (exact) mass is 344 g/mol. The van der Waals surface area contributed by atoms with E-state index in [4.69, 9.17) is 5.73 Å². The Morgan fingerprint density at radius 2 is 2.22 bits per heavy atom. The molecule has 3 aromatic heterocycles. The van der Waals surface area contributed by atoms with E-state index in [1.807, 2.05) is 13.8 Å². The molecule has 0 bridgehead atoms. The summed E-state index contributed by atoms with van der Waals surface area (Å²) in [5, 5.41) is 6.29. The van der Waals surface area contributed by atoms with Crippen LogP contribution in [-0.4, -0.2) is 20.1 Å². The molecule has 0 spiro atoms. The maximum Gasteiger partial charge on any atom is 0.158 e. The molecule has 0 aromatic carbocycles. The topological polar surface area (TPSA) is 89.1 Å². The number of hydrogen-bond donors (Lipinski definition) is 2. The van der Waals surface area contributed by atoms with Crippen LogP contribution in [0.1, 0.15) is 35.0 Å². The molecule has 0 unspecified atom stereocenters. The Balaban J connectivity index is 1.72. The first kappa shape index (κ1) is 14.5. The molecule has 0 aliphatic heterocycles. The second kappa shape index (κ2) is 5.54. The lowest BCUT2D eigenvalue weighted by atomic mass is 10.2. The largest absolute Gasteiger partial charge is 0.389 e. The van der Waals surface area contributed by atoms with E-state index in [2.05, 4.69) is 24.9 Å². The predicted molar refractivity (Wildman–Crippen MR) is 96.5 cm³/mol. The molecule has 0 radical (unpaired) electrons. The number of rotatable bonds is 3. The molecule has 3 N–H and O–H groups in total. The molecule has 3 heterocycles. The van der Waals surface area contributed by atoms with Crippen LogP contribution in [0.15, 0.2) is 11.4 Å². The third-order valence-corrected chi connectivity index (χ3v) is 6.05. The first-order valence-corrected chi connectivity index (χ1v) is 9.02. The molecule has 118 valence electrons. The maximum atomic E-state index is 5.98. The van der Waals surface area contributed by atoms with E-state index in [-0.39, 0.29) is 0 Å². The molecule has 0 atom stereocenters. The highest BCUT2D eigenvalue weighted by molar-refractivity contribution is 7.19. The van der Waals surface area contributed by atoms with Gasteiger partial charge in [-0.2, -0.15) is 9.47 Å². The smallest absolute Gasteiger partial charge is 0.158 e. The fourth-order valence-electron chi connectivity index (χ4n) is 3.03. The summed E-state index contributed by atoms with van der Waals surface area (Å²) >= 11 is 3.07. The van der Waals surface area contributed by atoms with Gasteiger partial charge in [0.2, 0.25) is 0 Å². The third kappa shape index (κ3) is 2.38. The van der Waals surface area contributed by atoms with E-state index in [0.29, 0.717) is 5.00 Å². The van der Waals surface area contributed by atoms with E-state index >= 15 is 0 Å². The van der Waals surface area contributed by atoms with Gasteiger partial charge in [0.1, 0.15) is 16.2 Å². The SMILES string of the molecule is C/C(=N/Nc1ncnc2sc3c(c12)CCC3)c1c(C)nsc1N. The zero-order valence-electron chi connectivity index (χ0n) is 12.9. The van der Waals surface area contributed by atoms with Crippen molar-refractivity contribution in [1.29, 1.82) is 0 Å². The summed E-state index contributed by atoms with van der Waals surface area (Å²) in [6.45, 7) is 3.87. The molecule has 8 heteroatoms. The molecule has 4 rings (SSSR count). The van der Waals surface area contributed by atoms with Crippen molar-refractivity contribution < 1.29 is 0 Å². The van der Waals surface area contributed by atoms with Crippen molar-refractivity contribution in [3.8, 4) is 0 Å². The van der Waals surface area contributed by atoms with Crippen LogP contribution in [0.3, 0.4) is 0 Å². The predicted octanol–water partition coefficient (Wildman–Crippen LogP) is 3.36. The van der Waals surface area contributed by atoms with Crippen LogP contribution in [0.5, 0.6) is 0 Å². The normalized spacial score (nSPS) is 14.4. The number of hydrogen-bond acceptors (Lipinski definition) is 8. The lowest BCUT2D eigenvalue weighted by molar-refractivity contribution is 0.917. The van der Waals surface area contributed by atoms with Gasteiger partial charge >= 0.3 is 0 Å². The summed E-state index contributed by atoms with van der Waals surface area (Å²) in [6, 6.07) is 0. The molecule has 0 amide bonds. The Bertz CT molecular complexity index is 904. The van der Waals surface area contributed by atoms with Crippen molar-refractivity contribution in [2.24, 2.45) is 5.10 Å². The highest BCUT2D eigenvalue weighted by atomic mass is 32.1. The molecule has 6 nitrogen and oxygen atoms in total. The Hall–Kier alpha value is -2.06. The summed E-state index contributed by atoms with van der Waals surface area (Å²) in [4.78, 5) is 11.3. The van der Waals surface area contributed by atoms with Gasteiger partial charge in [-0.25, -0.2) is 9.97 Å². The van der Waals surface area contributed by atoms with Crippen LogP contribution in [0.25, 0.3) is 10.2 Å². The van der Waals surface area contributed by atoms with Crippen molar-refractivity contribution in [1.82, 2.24) is 14.3 Å². The van der Waals surface area contributed by atoms with Gasteiger partial charge in [-0.15, -0.1) is 11.3 Å². The molecular weight excluding hydrogens is 328 g/mol. The number of nitrogen functional groups attached to an aromatic ring is 1. The summed E-state index contributed by atoms with van der Waals surface area (Å²) < 4.78 is 4.27. The summed E-state index contributed by atoms with van der Waals surface area (Å²) in [7, 11) is 0. The number of nitrogens with zero attached hydrogens (tertiary/aromatic N) is 4. The average molecular weight is 344 g/mol. The summed E-state index contributed by atoms with van der Waals surface area (Å²) in [6.07, 6.45) is 5.05. The van der Waals surface area contributed by atoms with Crippen molar-refractivity contribution >= 4 is 49.6 Å². The second-order valence-corrected chi connectivity index (χ2v) is 7.46. The van der Waals surface area contributed by atoms with Crippen LogP contribution in [-0.2, 0) is 12.8 Å².